The van der Waals surface area contributed by atoms with Crippen LogP contribution in [-0.2, 0) is 19.1 Å². The first kappa shape index (κ1) is 48.4. The van der Waals surface area contributed by atoms with Crippen molar-refractivity contribution >= 4 is 11.9 Å². The molecular formula is C40H76O8. The first-order valence-electron chi connectivity index (χ1n) is 19.5. The molecule has 8 heteroatoms. The van der Waals surface area contributed by atoms with Gasteiger partial charge >= 0.3 is 11.9 Å². The average molecular weight is 685 g/mol. The molecule has 2 unspecified atom stereocenters. The van der Waals surface area contributed by atoms with Gasteiger partial charge in [-0.15, -0.1) is 0 Å². The van der Waals surface area contributed by atoms with Gasteiger partial charge in [-0.25, -0.2) is 0 Å². The molecule has 0 rings (SSSR count). The highest BCUT2D eigenvalue weighted by atomic mass is 16.5. The number of esters is 2. The van der Waals surface area contributed by atoms with E-state index in [1.165, 1.54) is 64.2 Å². The SMILES string of the molecule is CC(CO)COC(=O)CCCCCCC/C=C/CCCCCCO.CC(CO)COC(=O)CCCCCCC/C=C\CCCCCCO. The molecule has 284 valence electrons. The summed E-state index contributed by atoms with van der Waals surface area (Å²) >= 11 is 0. The quantitative estimate of drug-likeness (QED) is 0.0300. The first-order valence-corrected chi connectivity index (χ1v) is 19.5. The van der Waals surface area contributed by atoms with E-state index in [0.717, 1.165) is 77.0 Å². The van der Waals surface area contributed by atoms with Crippen LogP contribution in [0.3, 0.4) is 0 Å². The molecule has 0 radical (unpaired) electrons. The molecule has 0 aromatic heterocycles. The van der Waals surface area contributed by atoms with Gasteiger partial charge in [0.1, 0.15) is 0 Å². The molecule has 0 spiro atoms. The molecule has 0 aromatic carbocycles. The van der Waals surface area contributed by atoms with E-state index in [9.17, 15) is 9.59 Å². The molecule has 48 heavy (non-hydrogen) atoms. The largest absolute Gasteiger partial charge is 0.465 e. The fraction of sp³-hybridized carbons (Fsp3) is 0.850. The Morgan fingerprint density at radius 2 is 0.708 bits per heavy atom. The third kappa shape index (κ3) is 42.3. The summed E-state index contributed by atoms with van der Waals surface area (Å²) < 4.78 is 10.2. The predicted octanol–water partition coefficient (Wildman–Crippen LogP) is 8.78. The van der Waals surface area contributed by atoms with E-state index in [-0.39, 0.29) is 37.0 Å². The maximum absolute atomic E-state index is 11.5. The third-order valence-electron chi connectivity index (χ3n) is 8.08. The van der Waals surface area contributed by atoms with Crippen LogP contribution in [0.15, 0.2) is 24.3 Å². The van der Waals surface area contributed by atoms with Crippen molar-refractivity contribution in [3.63, 3.8) is 0 Å². The maximum atomic E-state index is 11.5. The lowest BCUT2D eigenvalue weighted by atomic mass is 10.1. The van der Waals surface area contributed by atoms with Gasteiger partial charge in [0.15, 0.2) is 0 Å². The number of carbonyl (C=O) groups excluding carboxylic acids is 2. The third-order valence-corrected chi connectivity index (χ3v) is 8.08. The normalized spacial score (nSPS) is 12.6. The fourth-order valence-electron chi connectivity index (χ4n) is 4.77. The molecule has 0 fully saturated rings. The highest BCUT2D eigenvalue weighted by Gasteiger charge is 2.07. The highest BCUT2D eigenvalue weighted by Crippen LogP contribution is 2.11. The minimum atomic E-state index is -0.141. The van der Waals surface area contributed by atoms with Crippen LogP contribution in [0.5, 0.6) is 0 Å². The molecule has 0 aliphatic rings. The summed E-state index contributed by atoms with van der Waals surface area (Å²) in [7, 11) is 0. The van der Waals surface area contributed by atoms with Crippen LogP contribution in [-0.4, -0.2) is 72.0 Å². The Morgan fingerprint density at radius 3 is 1.00 bits per heavy atom. The molecule has 4 N–H and O–H groups in total. The van der Waals surface area contributed by atoms with Crippen LogP contribution in [0.2, 0.25) is 0 Å². The molecule has 8 nitrogen and oxygen atoms in total. The van der Waals surface area contributed by atoms with Gasteiger partial charge in [-0.05, 0) is 77.0 Å². The van der Waals surface area contributed by atoms with Gasteiger partial charge in [0.05, 0.1) is 13.2 Å². The van der Waals surface area contributed by atoms with Crippen LogP contribution < -0.4 is 0 Å². The lowest BCUT2D eigenvalue weighted by molar-refractivity contribution is -0.146. The van der Waals surface area contributed by atoms with Crippen molar-refractivity contribution in [2.24, 2.45) is 11.8 Å². The highest BCUT2D eigenvalue weighted by molar-refractivity contribution is 5.69. The Kier molecular flexibility index (Phi) is 41.8. The van der Waals surface area contributed by atoms with Crippen LogP contribution >= 0.6 is 0 Å². The molecule has 2 atom stereocenters. The summed E-state index contributed by atoms with van der Waals surface area (Å²) in [5.41, 5.74) is 0. The molecule has 0 aliphatic carbocycles. The number of ether oxygens (including phenoxy) is 2. The Balaban J connectivity index is 0. The van der Waals surface area contributed by atoms with Gasteiger partial charge in [-0.2, -0.15) is 0 Å². The second kappa shape index (κ2) is 41.4. The van der Waals surface area contributed by atoms with Gasteiger partial charge in [-0.1, -0.05) is 102 Å². The first-order chi connectivity index (χ1) is 23.4. The number of carbonyl (C=O) groups is 2. The maximum Gasteiger partial charge on any atom is 0.305 e. The molecule has 0 heterocycles. The van der Waals surface area contributed by atoms with E-state index < -0.39 is 0 Å². The van der Waals surface area contributed by atoms with Gasteiger partial charge in [0, 0.05) is 51.1 Å². The van der Waals surface area contributed by atoms with Crippen molar-refractivity contribution in [3.8, 4) is 0 Å². The fourth-order valence-corrected chi connectivity index (χ4v) is 4.77. The smallest absolute Gasteiger partial charge is 0.305 e. The van der Waals surface area contributed by atoms with E-state index in [1.807, 2.05) is 13.8 Å². The standard InChI is InChI=1S/2C20H38O4/c2*1-19(17-22)18-24-20(23)15-13-11-9-7-5-3-2-4-6-8-10-12-14-16-21/h2*2,4,19,21-22H,3,5-18H2,1H3/b4-2+;4-2-. The number of allylic oxidation sites excluding steroid dienone is 4. The molecule has 0 saturated carbocycles. The minimum Gasteiger partial charge on any atom is -0.465 e. The van der Waals surface area contributed by atoms with Gasteiger partial charge in [-0.3, -0.25) is 9.59 Å². The zero-order valence-electron chi connectivity index (χ0n) is 31.1. The molecule has 0 saturated heterocycles. The second-order valence-electron chi connectivity index (χ2n) is 13.4. The van der Waals surface area contributed by atoms with Crippen LogP contribution in [0.4, 0.5) is 0 Å². The van der Waals surface area contributed by atoms with Crippen molar-refractivity contribution in [2.45, 2.75) is 168 Å². The van der Waals surface area contributed by atoms with Crippen molar-refractivity contribution in [2.75, 3.05) is 39.6 Å². The number of hydrogen-bond donors (Lipinski definition) is 4. The Bertz CT molecular complexity index is 664. The predicted molar refractivity (Wildman–Crippen MR) is 198 cm³/mol. The van der Waals surface area contributed by atoms with Crippen molar-refractivity contribution < 1.29 is 39.5 Å². The average Bonchev–Trinajstić information content (AvgIpc) is 3.10. The van der Waals surface area contributed by atoms with Crippen LogP contribution in [0.25, 0.3) is 0 Å². The molecular weight excluding hydrogens is 608 g/mol. The van der Waals surface area contributed by atoms with E-state index in [4.69, 9.17) is 29.9 Å². The topological polar surface area (TPSA) is 134 Å². The Morgan fingerprint density at radius 1 is 0.438 bits per heavy atom. The van der Waals surface area contributed by atoms with E-state index >= 15 is 0 Å². The number of hydrogen-bond acceptors (Lipinski definition) is 8. The van der Waals surface area contributed by atoms with E-state index in [2.05, 4.69) is 24.3 Å². The summed E-state index contributed by atoms with van der Waals surface area (Å²) in [4.78, 5) is 22.9. The lowest BCUT2D eigenvalue weighted by Crippen LogP contribution is -2.14. The molecule has 0 bridgehead atoms. The van der Waals surface area contributed by atoms with Crippen LogP contribution in [0, 0.1) is 11.8 Å². The number of aliphatic hydroxyl groups excluding tert-OH is 4. The van der Waals surface area contributed by atoms with Crippen molar-refractivity contribution in [3.05, 3.63) is 24.3 Å². The molecule has 0 aromatic rings. The second-order valence-corrected chi connectivity index (χ2v) is 13.4. The lowest BCUT2D eigenvalue weighted by Gasteiger charge is -2.08. The number of unbranched alkanes of at least 4 members (excludes halogenated alkanes) is 18. The number of aliphatic hydroxyl groups is 4. The van der Waals surface area contributed by atoms with Crippen LogP contribution in [0.1, 0.15) is 168 Å². The van der Waals surface area contributed by atoms with Gasteiger partial charge in [0.2, 0.25) is 0 Å². The van der Waals surface area contributed by atoms with Crippen molar-refractivity contribution in [1.82, 2.24) is 0 Å². The zero-order chi connectivity index (χ0) is 35.8. The van der Waals surface area contributed by atoms with Crippen molar-refractivity contribution in [1.29, 1.82) is 0 Å². The number of rotatable bonds is 34. The van der Waals surface area contributed by atoms with Gasteiger partial charge < -0.3 is 29.9 Å². The summed E-state index contributed by atoms with van der Waals surface area (Å²) in [5, 5.41) is 35.1. The summed E-state index contributed by atoms with van der Waals surface area (Å²) in [6, 6.07) is 0. The Hall–Kier alpha value is -1.74. The molecule has 0 amide bonds. The summed E-state index contributed by atoms with van der Waals surface area (Å²) in [6.45, 7) is 5.13. The van der Waals surface area contributed by atoms with Gasteiger partial charge in [0.25, 0.3) is 0 Å². The van der Waals surface area contributed by atoms with E-state index in [0.29, 0.717) is 39.3 Å². The molecule has 0 aliphatic heterocycles. The monoisotopic (exact) mass is 685 g/mol. The van der Waals surface area contributed by atoms with E-state index in [1.54, 1.807) is 0 Å². The Labute approximate surface area is 294 Å². The summed E-state index contributed by atoms with van der Waals surface area (Å²) in [6.07, 6.45) is 34.9. The summed E-state index contributed by atoms with van der Waals surface area (Å²) in [5.74, 6) is -0.223. The zero-order valence-corrected chi connectivity index (χ0v) is 31.1. The minimum absolute atomic E-state index is 0.0301.